The number of hydrogen-bond donors (Lipinski definition) is 0. The molecule has 5 aromatic carbocycles. The van der Waals surface area contributed by atoms with Gasteiger partial charge >= 0.3 is 206 Å². The van der Waals surface area contributed by atoms with E-state index in [9.17, 15) is 0 Å². The molecule has 1 aliphatic rings. The Morgan fingerprint density at radius 2 is 1.23 bits per heavy atom. The Kier molecular flexibility index (Phi) is 10.4. The Balaban J connectivity index is 0.000000250. The van der Waals surface area contributed by atoms with Crippen molar-refractivity contribution < 1.29 is 20.1 Å². The van der Waals surface area contributed by atoms with Crippen molar-refractivity contribution in [3.8, 4) is 22.5 Å². The number of benzene rings is 5. The van der Waals surface area contributed by atoms with Crippen LogP contribution in [0.1, 0.15) is 43.6 Å². The van der Waals surface area contributed by atoms with Gasteiger partial charge in [0.25, 0.3) is 0 Å². The molecule has 237 valence electrons. The van der Waals surface area contributed by atoms with E-state index >= 15 is 0 Å². The molecule has 2 nitrogen and oxygen atoms in total. The summed E-state index contributed by atoms with van der Waals surface area (Å²) in [6, 6.07) is 44.9. The molecule has 2 aromatic heterocycles. The summed E-state index contributed by atoms with van der Waals surface area (Å²) in [5, 5.41) is 7.79. The molecule has 47 heavy (non-hydrogen) atoms. The normalized spacial score (nSPS) is 13.6. The average Bonchev–Trinajstić information content (AvgIpc) is 3.12. The molecule has 0 bridgehead atoms. The standard InChI is InChI=1S/C32H32GeN.C11H8N.Ir/c1-33(2,3)31-21-34-32(20-29(31)22-11-5-4-6-12-22)23-17-18-28-26-15-8-7-13-24(26)25-14-9-10-16-27(25)30(28)19-23;1-2-6-10(7-3-1)11-8-4-5-9-12-11;/h7-10,13-16,18-22H,4-6,11-12H2,1-3H3;1-6,8-9H;/q2*-1;. The minimum absolute atomic E-state index is 0. The molecule has 0 spiro atoms. The quantitative estimate of drug-likeness (QED) is 0.100. The second-order valence-electron chi connectivity index (χ2n) is 13.5. The Morgan fingerprint density at radius 3 is 1.85 bits per heavy atom. The fourth-order valence-corrected chi connectivity index (χ4v) is 10.4. The fourth-order valence-electron chi connectivity index (χ4n) is 7.06. The van der Waals surface area contributed by atoms with E-state index in [2.05, 4.69) is 107 Å². The molecular formula is C43H40GeIrN2-2. The number of hydrogen-bond acceptors (Lipinski definition) is 2. The number of nitrogens with zero attached hydrogens (tertiary/aromatic N) is 2. The largest absolute Gasteiger partial charge is 0.305 e. The second kappa shape index (κ2) is 14.6. The topological polar surface area (TPSA) is 25.8 Å². The first-order valence-corrected chi connectivity index (χ1v) is 24.0. The minimum atomic E-state index is -2.02. The zero-order chi connectivity index (χ0) is 31.5. The molecule has 0 atom stereocenters. The maximum Gasteiger partial charge on any atom is 0.0160 e. The molecule has 0 N–H and O–H groups in total. The van der Waals surface area contributed by atoms with Gasteiger partial charge in [0, 0.05) is 26.3 Å². The second-order valence-corrected chi connectivity index (χ2v) is 24.1. The molecule has 1 fully saturated rings. The van der Waals surface area contributed by atoms with Gasteiger partial charge in [0.05, 0.1) is 0 Å². The predicted octanol–water partition coefficient (Wildman–Crippen LogP) is 11.1. The van der Waals surface area contributed by atoms with Gasteiger partial charge in [-0.15, -0.1) is 35.9 Å². The van der Waals surface area contributed by atoms with E-state index in [4.69, 9.17) is 4.98 Å². The van der Waals surface area contributed by atoms with Crippen LogP contribution in [0.15, 0.2) is 122 Å². The Labute approximate surface area is 295 Å². The third kappa shape index (κ3) is 7.14. The van der Waals surface area contributed by atoms with Crippen LogP contribution in [0.4, 0.5) is 0 Å². The first kappa shape index (κ1) is 33.3. The van der Waals surface area contributed by atoms with Crippen molar-refractivity contribution in [2.24, 2.45) is 0 Å². The molecule has 8 rings (SSSR count). The van der Waals surface area contributed by atoms with Crippen molar-refractivity contribution in [2.45, 2.75) is 55.3 Å². The number of rotatable bonds is 4. The molecule has 0 unspecified atom stereocenters. The number of pyridine rings is 2. The zero-order valence-corrected chi connectivity index (χ0v) is 31.9. The van der Waals surface area contributed by atoms with Crippen molar-refractivity contribution >= 4 is 50.0 Å². The summed E-state index contributed by atoms with van der Waals surface area (Å²) in [7, 11) is 0. The SMILES string of the molecule is [CH3][Ge]([CH3])([CH3])[c]1cnc(-c2[c-]cc3c4ccccc4c4ccccc4c3c2)cc1C1CCCCC1.[Ir].[c-]1ccccc1-c1ccccn1. The van der Waals surface area contributed by atoms with Gasteiger partial charge in [0.2, 0.25) is 0 Å². The summed E-state index contributed by atoms with van der Waals surface area (Å²) >= 11 is -2.02. The van der Waals surface area contributed by atoms with E-state index in [1.807, 2.05) is 42.5 Å². The van der Waals surface area contributed by atoms with Gasteiger partial charge in [-0.3, -0.25) is 0 Å². The van der Waals surface area contributed by atoms with Crippen LogP contribution in [0.5, 0.6) is 0 Å². The zero-order valence-electron chi connectivity index (χ0n) is 27.4. The van der Waals surface area contributed by atoms with Gasteiger partial charge in [0.15, 0.2) is 0 Å². The van der Waals surface area contributed by atoms with Gasteiger partial charge in [-0.1, -0.05) is 12.1 Å². The third-order valence-corrected chi connectivity index (χ3v) is 13.7. The van der Waals surface area contributed by atoms with E-state index in [-0.39, 0.29) is 20.1 Å². The Morgan fingerprint density at radius 1 is 0.596 bits per heavy atom. The predicted molar refractivity (Wildman–Crippen MR) is 198 cm³/mol. The van der Waals surface area contributed by atoms with E-state index in [0.29, 0.717) is 5.92 Å². The summed E-state index contributed by atoms with van der Waals surface area (Å²) in [5.41, 5.74) is 5.79. The molecule has 4 heteroatoms. The van der Waals surface area contributed by atoms with Gasteiger partial charge in [0.1, 0.15) is 0 Å². The van der Waals surface area contributed by atoms with Crippen molar-refractivity contribution in [1.82, 2.24) is 9.97 Å². The Hall–Kier alpha value is -3.63. The first-order chi connectivity index (χ1) is 22.5. The molecule has 0 saturated heterocycles. The smallest absolute Gasteiger partial charge is 0.0160 e. The minimum Gasteiger partial charge on any atom is -0.305 e. The van der Waals surface area contributed by atoms with Gasteiger partial charge in [-0.05, 0) is 11.8 Å². The number of aromatic nitrogens is 2. The summed E-state index contributed by atoms with van der Waals surface area (Å²) in [6.45, 7) is 0. The van der Waals surface area contributed by atoms with Crippen molar-refractivity contribution in [3.63, 3.8) is 0 Å². The number of fused-ring (bicyclic) bond motifs is 6. The van der Waals surface area contributed by atoms with Crippen molar-refractivity contribution in [1.29, 1.82) is 0 Å². The van der Waals surface area contributed by atoms with Crippen molar-refractivity contribution in [3.05, 3.63) is 139 Å². The van der Waals surface area contributed by atoms with Gasteiger partial charge in [-0.2, -0.15) is 0 Å². The fraction of sp³-hybridized carbons (Fsp3) is 0.209. The summed E-state index contributed by atoms with van der Waals surface area (Å²) < 4.78 is 1.59. The maximum absolute atomic E-state index is 5.04. The van der Waals surface area contributed by atoms with Crippen molar-refractivity contribution in [2.75, 3.05) is 0 Å². The average molecular weight is 850 g/mol. The maximum atomic E-state index is 5.04. The van der Waals surface area contributed by atoms with E-state index in [1.54, 1.807) is 16.2 Å². The van der Waals surface area contributed by atoms with E-state index in [1.165, 1.54) is 64.4 Å². The molecule has 7 aromatic rings. The first-order valence-electron chi connectivity index (χ1n) is 16.6. The van der Waals surface area contributed by atoms with Crippen LogP contribution in [0.25, 0.3) is 54.8 Å². The molecule has 1 aliphatic carbocycles. The molecule has 0 aliphatic heterocycles. The van der Waals surface area contributed by atoms with Crippen LogP contribution < -0.4 is 4.40 Å². The summed E-state index contributed by atoms with van der Waals surface area (Å²) in [6.07, 6.45) is 10.8. The molecule has 0 amide bonds. The molecule has 1 saturated carbocycles. The van der Waals surface area contributed by atoms with Crippen LogP contribution in [-0.2, 0) is 20.1 Å². The van der Waals surface area contributed by atoms with Gasteiger partial charge in [-0.25, -0.2) is 0 Å². The van der Waals surface area contributed by atoms with Crippen LogP contribution >= 0.6 is 0 Å². The third-order valence-electron chi connectivity index (χ3n) is 9.39. The van der Waals surface area contributed by atoms with Crippen LogP contribution in [0, 0.1) is 12.1 Å². The van der Waals surface area contributed by atoms with Gasteiger partial charge < -0.3 is 4.98 Å². The van der Waals surface area contributed by atoms with Crippen LogP contribution in [0.2, 0.25) is 17.3 Å². The van der Waals surface area contributed by atoms with Crippen LogP contribution in [-0.4, -0.2) is 23.2 Å². The molecular weight excluding hydrogens is 809 g/mol. The van der Waals surface area contributed by atoms with Crippen LogP contribution in [0.3, 0.4) is 0 Å². The van der Waals surface area contributed by atoms with E-state index < -0.39 is 13.3 Å². The monoisotopic (exact) mass is 851 g/mol. The Bertz CT molecular complexity index is 2040. The molecule has 1 radical (unpaired) electrons. The summed E-state index contributed by atoms with van der Waals surface area (Å²) in [5.74, 6) is 8.20. The molecule has 2 heterocycles. The summed E-state index contributed by atoms with van der Waals surface area (Å²) in [4.78, 5) is 9.25. The van der Waals surface area contributed by atoms with E-state index in [0.717, 1.165) is 22.5 Å².